The Kier molecular flexibility index (Phi) is 4.88. The van der Waals surface area contributed by atoms with Crippen LogP contribution in [0.5, 0.6) is 0 Å². The maximum Gasteiger partial charge on any atom is 0.117 e. The second-order valence-corrected chi connectivity index (χ2v) is 7.48. The van der Waals surface area contributed by atoms with Gasteiger partial charge in [-0.3, -0.25) is 14.8 Å². The first-order valence-electron chi connectivity index (χ1n) is 9.20. The maximum atomic E-state index is 6.33. The molecular formula is C20H27N3O2. The number of hydrogen-bond acceptors (Lipinski definition) is 5. The molecule has 0 aromatic carbocycles. The molecule has 4 rings (SSSR count). The van der Waals surface area contributed by atoms with Crippen molar-refractivity contribution in [3.8, 4) is 0 Å². The van der Waals surface area contributed by atoms with Crippen LogP contribution < -0.4 is 0 Å². The zero-order valence-corrected chi connectivity index (χ0v) is 14.9. The summed E-state index contributed by atoms with van der Waals surface area (Å²) in [6.07, 6.45) is 8.86. The van der Waals surface area contributed by atoms with Gasteiger partial charge in [-0.2, -0.15) is 0 Å². The third-order valence-corrected chi connectivity index (χ3v) is 5.72. The summed E-state index contributed by atoms with van der Waals surface area (Å²) < 4.78 is 11.8. The largest absolute Gasteiger partial charge is 0.468 e. The van der Waals surface area contributed by atoms with Crippen LogP contribution in [0.2, 0.25) is 0 Å². The van der Waals surface area contributed by atoms with Gasteiger partial charge in [-0.1, -0.05) is 0 Å². The van der Waals surface area contributed by atoms with Gasteiger partial charge in [0.15, 0.2) is 0 Å². The molecule has 134 valence electrons. The highest BCUT2D eigenvalue weighted by atomic mass is 16.5. The Morgan fingerprint density at radius 3 is 2.76 bits per heavy atom. The number of pyridine rings is 1. The van der Waals surface area contributed by atoms with Crippen LogP contribution in [0.25, 0.3) is 0 Å². The number of likely N-dealkylation sites (tertiary alicyclic amines) is 1. The summed E-state index contributed by atoms with van der Waals surface area (Å²) in [5.41, 5.74) is 1.39. The fourth-order valence-electron chi connectivity index (χ4n) is 4.10. The molecule has 1 atom stereocenters. The van der Waals surface area contributed by atoms with Gasteiger partial charge >= 0.3 is 0 Å². The molecule has 2 aromatic rings. The molecule has 2 aromatic heterocycles. The molecule has 0 bridgehead atoms. The lowest BCUT2D eigenvalue weighted by atomic mass is 9.87. The molecule has 25 heavy (non-hydrogen) atoms. The zero-order chi connectivity index (χ0) is 17.1. The summed E-state index contributed by atoms with van der Waals surface area (Å²) in [5, 5.41) is 0. The fraction of sp³-hybridized carbons (Fsp3) is 0.550. The van der Waals surface area contributed by atoms with Gasteiger partial charge in [-0.25, -0.2) is 0 Å². The summed E-state index contributed by atoms with van der Waals surface area (Å²) in [6.45, 7) is 4.88. The third-order valence-electron chi connectivity index (χ3n) is 5.72. The molecule has 4 heterocycles. The van der Waals surface area contributed by atoms with Crippen molar-refractivity contribution in [2.45, 2.75) is 44.0 Å². The van der Waals surface area contributed by atoms with Crippen molar-refractivity contribution in [2.24, 2.45) is 0 Å². The second kappa shape index (κ2) is 7.28. The quantitative estimate of drug-likeness (QED) is 0.836. The van der Waals surface area contributed by atoms with Gasteiger partial charge in [0, 0.05) is 38.1 Å². The van der Waals surface area contributed by atoms with E-state index in [-0.39, 0.29) is 5.60 Å². The van der Waals surface area contributed by atoms with Crippen LogP contribution in [-0.2, 0) is 17.8 Å². The molecule has 0 saturated carbocycles. The number of likely N-dealkylation sites (N-methyl/N-ethyl adjacent to an activating group) is 1. The van der Waals surface area contributed by atoms with E-state index in [0.29, 0.717) is 6.04 Å². The van der Waals surface area contributed by atoms with Crippen LogP contribution in [0.1, 0.15) is 30.6 Å². The van der Waals surface area contributed by atoms with E-state index in [9.17, 15) is 0 Å². The van der Waals surface area contributed by atoms with Crippen molar-refractivity contribution >= 4 is 0 Å². The molecule has 1 spiro atoms. The van der Waals surface area contributed by atoms with Gasteiger partial charge in [-0.05, 0) is 56.1 Å². The lowest BCUT2D eigenvalue weighted by Crippen LogP contribution is -2.44. The van der Waals surface area contributed by atoms with Gasteiger partial charge in [0.1, 0.15) is 5.76 Å². The standard InChI is InChI=1S/C20H27N3O2/c1-22(14-17-4-8-21-9-5-17)18-13-20(25-16-18)6-10-23(11-7-20)15-19-3-2-12-24-19/h2-5,8-9,12,18H,6-7,10-11,13-16H2,1H3/t18-/m1/s1. The Morgan fingerprint density at radius 1 is 1.24 bits per heavy atom. The average Bonchev–Trinajstić information content (AvgIpc) is 3.29. The molecular weight excluding hydrogens is 314 g/mol. The second-order valence-electron chi connectivity index (χ2n) is 7.48. The topological polar surface area (TPSA) is 41.7 Å². The molecule has 5 nitrogen and oxygen atoms in total. The summed E-state index contributed by atoms with van der Waals surface area (Å²) in [5.74, 6) is 1.05. The molecule has 2 aliphatic rings. The monoisotopic (exact) mass is 341 g/mol. The van der Waals surface area contributed by atoms with E-state index in [0.717, 1.165) is 57.8 Å². The van der Waals surface area contributed by atoms with Crippen LogP contribution in [0.4, 0.5) is 0 Å². The molecule has 2 saturated heterocycles. The van der Waals surface area contributed by atoms with E-state index in [1.807, 2.05) is 18.5 Å². The first kappa shape index (κ1) is 16.8. The Balaban J connectivity index is 1.28. The number of aromatic nitrogens is 1. The van der Waals surface area contributed by atoms with Crippen LogP contribution in [0, 0.1) is 0 Å². The zero-order valence-electron chi connectivity index (χ0n) is 14.9. The molecule has 0 N–H and O–H groups in total. The Morgan fingerprint density at radius 2 is 2.04 bits per heavy atom. The lowest BCUT2D eigenvalue weighted by molar-refractivity contribution is -0.0461. The van der Waals surface area contributed by atoms with E-state index < -0.39 is 0 Å². The number of rotatable bonds is 5. The van der Waals surface area contributed by atoms with E-state index in [2.05, 4.69) is 40.0 Å². The number of nitrogens with zero attached hydrogens (tertiary/aromatic N) is 3. The first-order chi connectivity index (χ1) is 12.2. The summed E-state index contributed by atoms with van der Waals surface area (Å²) in [7, 11) is 2.21. The van der Waals surface area contributed by atoms with E-state index in [1.165, 1.54) is 5.56 Å². The van der Waals surface area contributed by atoms with Gasteiger partial charge in [0.25, 0.3) is 0 Å². The summed E-state index contributed by atoms with van der Waals surface area (Å²) in [4.78, 5) is 9.00. The fourth-order valence-corrected chi connectivity index (χ4v) is 4.10. The molecule has 0 unspecified atom stereocenters. The smallest absolute Gasteiger partial charge is 0.117 e. The van der Waals surface area contributed by atoms with Crippen LogP contribution in [0.15, 0.2) is 47.3 Å². The summed E-state index contributed by atoms with van der Waals surface area (Å²) in [6, 6.07) is 8.71. The lowest BCUT2D eigenvalue weighted by Gasteiger charge is -2.38. The molecule has 2 aliphatic heterocycles. The minimum Gasteiger partial charge on any atom is -0.468 e. The molecule has 0 aliphatic carbocycles. The predicted molar refractivity (Wildman–Crippen MR) is 96.0 cm³/mol. The molecule has 5 heteroatoms. The number of ether oxygens (including phenoxy) is 1. The SMILES string of the molecule is CN(Cc1ccncc1)[C@H]1COC2(CCN(Cc3ccco3)CC2)C1. The Labute approximate surface area is 149 Å². The van der Waals surface area contributed by atoms with E-state index in [1.54, 1.807) is 6.26 Å². The van der Waals surface area contributed by atoms with Crippen molar-refractivity contribution in [1.82, 2.24) is 14.8 Å². The highest BCUT2D eigenvalue weighted by Gasteiger charge is 2.43. The van der Waals surface area contributed by atoms with Crippen molar-refractivity contribution < 1.29 is 9.15 Å². The van der Waals surface area contributed by atoms with Crippen molar-refractivity contribution in [3.63, 3.8) is 0 Å². The third kappa shape index (κ3) is 3.94. The number of furan rings is 1. The van der Waals surface area contributed by atoms with E-state index in [4.69, 9.17) is 9.15 Å². The molecule has 2 fully saturated rings. The highest BCUT2D eigenvalue weighted by molar-refractivity contribution is 5.10. The average molecular weight is 341 g/mol. The first-order valence-corrected chi connectivity index (χ1v) is 9.20. The van der Waals surface area contributed by atoms with Gasteiger partial charge in [-0.15, -0.1) is 0 Å². The molecule has 0 amide bonds. The maximum absolute atomic E-state index is 6.33. The van der Waals surface area contributed by atoms with Crippen molar-refractivity contribution in [1.29, 1.82) is 0 Å². The minimum absolute atomic E-state index is 0.0802. The molecule has 0 radical (unpaired) electrons. The van der Waals surface area contributed by atoms with Gasteiger partial charge < -0.3 is 9.15 Å². The van der Waals surface area contributed by atoms with Crippen LogP contribution in [0.3, 0.4) is 0 Å². The van der Waals surface area contributed by atoms with Crippen molar-refractivity contribution in [2.75, 3.05) is 26.7 Å². The Bertz CT molecular complexity index is 651. The van der Waals surface area contributed by atoms with Crippen LogP contribution in [-0.4, -0.2) is 53.2 Å². The highest BCUT2D eigenvalue weighted by Crippen LogP contribution is 2.38. The number of piperidine rings is 1. The van der Waals surface area contributed by atoms with E-state index >= 15 is 0 Å². The Hall–Kier alpha value is -1.69. The number of hydrogen-bond donors (Lipinski definition) is 0. The van der Waals surface area contributed by atoms with Gasteiger partial charge in [0.2, 0.25) is 0 Å². The van der Waals surface area contributed by atoms with Crippen molar-refractivity contribution in [3.05, 3.63) is 54.2 Å². The van der Waals surface area contributed by atoms with Gasteiger partial charge in [0.05, 0.1) is 25.0 Å². The minimum atomic E-state index is 0.0802. The predicted octanol–water partition coefficient (Wildman–Crippen LogP) is 2.93. The summed E-state index contributed by atoms with van der Waals surface area (Å²) >= 11 is 0. The normalized spacial score (nSPS) is 23.5. The van der Waals surface area contributed by atoms with Crippen LogP contribution >= 0.6 is 0 Å².